The molecule has 0 aliphatic heterocycles. The number of benzene rings is 1. The summed E-state index contributed by atoms with van der Waals surface area (Å²) in [5.41, 5.74) is 8.71. The molecule has 84 valence electrons. The summed E-state index contributed by atoms with van der Waals surface area (Å²) in [6.45, 7) is 2.14. The number of aromatic nitrogens is 2. The summed E-state index contributed by atoms with van der Waals surface area (Å²) in [7, 11) is 1.97. The summed E-state index contributed by atoms with van der Waals surface area (Å²) < 4.78 is 1.97. The van der Waals surface area contributed by atoms with Gasteiger partial charge in [0.1, 0.15) is 5.82 Å². The van der Waals surface area contributed by atoms with Gasteiger partial charge in [-0.3, -0.25) is 0 Å². The maximum absolute atomic E-state index is 6.25. The molecule has 0 radical (unpaired) electrons. The van der Waals surface area contributed by atoms with Crippen LogP contribution in [0.4, 0.5) is 0 Å². The highest BCUT2D eigenvalue weighted by Gasteiger charge is 2.15. The molecule has 0 saturated carbocycles. The Morgan fingerprint density at radius 3 is 2.75 bits per heavy atom. The Labute approximate surface area is 95.9 Å². The van der Waals surface area contributed by atoms with Crippen molar-refractivity contribution >= 4 is 0 Å². The molecular formula is C13H17N3. The van der Waals surface area contributed by atoms with Gasteiger partial charge in [-0.15, -0.1) is 0 Å². The molecule has 2 aromatic rings. The molecule has 1 heterocycles. The lowest BCUT2D eigenvalue weighted by Gasteiger charge is -2.15. The molecule has 1 unspecified atom stereocenters. The summed E-state index contributed by atoms with van der Waals surface area (Å²) in [5.74, 6) is 0.904. The van der Waals surface area contributed by atoms with E-state index in [1.54, 1.807) is 6.20 Å². The summed E-state index contributed by atoms with van der Waals surface area (Å²) >= 11 is 0. The Balaban J connectivity index is 2.41. The monoisotopic (exact) mass is 215 g/mol. The molecular weight excluding hydrogens is 198 g/mol. The van der Waals surface area contributed by atoms with E-state index in [4.69, 9.17) is 5.73 Å². The van der Waals surface area contributed by atoms with Gasteiger partial charge < -0.3 is 10.3 Å². The molecule has 0 aliphatic carbocycles. The van der Waals surface area contributed by atoms with Crippen molar-refractivity contribution in [3.63, 3.8) is 0 Å². The maximum Gasteiger partial charge on any atom is 0.129 e. The summed E-state index contributed by atoms with van der Waals surface area (Å²) in [6, 6.07) is 8.14. The first kappa shape index (κ1) is 10.9. The van der Waals surface area contributed by atoms with Gasteiger partial charge in [-0.1, -0.05) is 31.2 Å². The standard InChI is InChI=1S/C13H17N3/c1-3-10-6-4-5-7-11(10)12(14)13-15-8-9-16(13)2/h4-9,12H,3,14H2,1-2H3. The van der Waals surface area contributed by atoms with E-state index in [1.165, 1.54) is 11.1 Å². The summed E-state index contributed by atoms with van der Waals surface area (Å²) in [6.07, 6.45) is 4.70. The van der Waals surface area contributed by atoms with Crippen molar-refractivity contribution in [2.24, 2.45) is 12.8 Å². The highest BCUT2D eigenvalue weighted by molar-refractivity contribution is 5.33. The highest BCUT2D eigenvalue weighted by atomic mass is 15.1. The number of imidazole rings is 1. The Morgan fingerprint density at radius 1 is 1.38 bits per heavy atom. The van der Waals surface area contributed by atoms with Crippen molar-refractivity contribution < 1.29 is 0 Å². The zero-order valence-corrected chi connectivity index (χ0v) is 9.72. The third kappa shape index (κ3) is 1.86. The lowest BCUT2D eigenvalue weighted by molar-refractivity contribution is 0.710. The van der Waals surface area contributed by atoms with Crippen molar-refractivity contribution in [1.82, 2.24) is 9.55 Å². The maximum atomic E-state index is 6.25. The first-order valence-electron chi connectivity index (χ1n) is 5.54. The summed E-state index contributed by atoms with van der Waals surface area (Å²) in [4.78, 5) is 4.31. The van der Waals surface area contributed by atoms with Gasteiger partial charge in [-0.25, -0.2) is 4.98 Å². The lowest BCUT2D eigenvalue weighted by atomic mass is 9.99. The van der Waals surface area contributed by atoms with Gasteiger partial charge in [0.2, 0.25) is 0 Å². The predicted octanol–water partition coefficient (Wildman–Crippen LogP) is 2.03. The van der Waals surface area contributed by atoms with Gasteiger partial charge in [-0.2, -0.15) is 0 Å². The van der Waals surface area contributed by atoms with E-state index in [0.29, 0.717) is 0 Å². The average molecular weight is 215 g/mol. The molecule has 2 N–H and O–H groups in total. The third-order valence-corrected chi connectivity index (χ3v) is 2.91. The van der Waals surface area contributed by atoms with Crippen molar-refractivity contribution in [2.45, 2.75) is 19.4 Å². The molecule has 2 rings (SSSR count). The van der Waals surface area contributed by atoms with E-state index in [-0.39, 0.29) is 6.04 Å². The number of hydrogen-bond donors (Lipinski definition) is 1. The van der Waals surface area contributed by atoms with Crippen LogP contribution in [-0.2, 0) is 13.5 Å². The Morgan fingerprint density at radius 2 is 2.12 bits per heavy atom. The Bertz CT molecular complexity index is 474. The minimum Gasteiger partial charge on any atom is -0.336 e. The Kier molecular flexibility index (Phi) is 3.06. The van der Waals surface area contributed by atoms with Crippen LogP contribution in [0.25, 0.3) is 0 Å². The first-order chi connectivity index (χ1) is 7.74. The second-order valence-corrected chi connectivity index (χ2v) is 3.93. The zero-order valence-electron chi connectivity index (χ0n) is 9.72. The lowest BCUT2D eigenvalue weighted by Crippen LogP contribution is -2.18. The van der Waals surface area contributed by atoms with Crippen LogP contribution in [0.3, 0.4) is 0 Å². The van der Waals surface area contributed by atoms with E-state index in [0.717, 1.165) is 12.2 Å². The van der Waals surface area contributed by atoms with Crippen LogP contribution in [0, 0.1) is 0 Å². The van der Waals surface area contributed by atoms with Crippen LogP contribution in [0.5, 0.6) is 0 Å². The number of nitrogens with zero attached hydrogens (tertiary/aromatic N) is 2. The smallest absolute Gasteiger partial charge is 0.129 e. The van der Waals surface area contributed by atoms with Crippen LogP contribution in [-0.4, -0.2) is 9.55 Å². The summed E-state index contributed by atoms with van der Waals surface area (Å²) in [5, 5.41) is 0. The van der Waals surface area contributed by atoms with E-state index < -0.39 is 0 Å². The van der Waals surface area contributed by atoms with Crippen LogP contribution >= 0.6 is 0 Å². The van der Waals surface area contributed by atoms with Crippen LogP contribution < -0.4 is 5.73 Å². The highest BCUT2D eigenvalue weighted by Crippen LogP contribution is 2.21. The van der Waals surface area contributed by atoms with E-state index >= 15 is 0 Å². The molecule has 0 amide bonds. The number of aryl methyl sites for hydroxylation is 2. The normalized spacial score (nSPS) is 12.7. The van der Waals surface area contributed by atoms with Gasteiger partial charge in [0.05, 0.1) is 6.04 Å². The molecule has 1 aromatic carbocycles. The van der Waals surface area contributed by atoms with Crippen molar-refractivity contribution in [3.8, 4) is 0 Å². The fourth-order valence-electron chi connectivity index (χ4n) is 1.98. The van der Waals surface area contributed by atoms with Crippen LogP contribution in [0.2, 0.25) is 0 Å². The van der Waals surface area contributed by atoms with Gasteiger partial charge in [0.25, 0.3) is 0 Å². The van der Waals surface area contributed by atoms with Crippen molar-refractivity contribution in [2.75, 3.05) is 0 Å². The van der Waals surface area contributed by atoms with Gasteiger partial charge in [0, 0.05) is 19.4 Å². The average Bonchev–Trinajstić information content (AvgIpc) is 2.74. The zero-order chi connectivity index (χ0) is 11.5. The molecule has 0 fully saturated rings. The largest absolute Gasteiger partial charge is 0.336 e. The number of hydrogen-bond acceptors (Lipinski definition) is 2. The molecule has 0 bridgehead atoms. The van der Waals surface area contributed by atoms with E-state index in [9.17, 15) is 0 Å². The molecule has 1 atom stereocenters. The topological polar surface area (TPSA) is 43.8 Å². The molecule has 3 nitrogen and oxygen atoms in total. The minimum atomic E-state index is -0.142. The second kappa shape index (κ2) is 4.49. The minimum absolute atomic E-state index is 0.142. The van der Waals surface area contributed by atoms with Crippen LogP contribution in [0.15, 0.2) is 36.7 Å². The van der Waals surface area contributed by atoms with E-state index in [1.807, 2.05) is 29.9 Å². The molecule has 3 heteroatoms. The Hall–Kier alpha value is -1.61. The van der Waals surface area contributed by atoms with Crippen LogP contribution in [0.1, 0.15) is 29.9 Å². The van der Waals surface area contributed by atoms with Gasteiger partial charge in [0.15, 0.2) is 0 Å². The molecule has 0 spiro atoms. The molecule has 0 aliphatic rings. The van der Waals surface area contributed by atoms with Gasteiger partial charge in [-0.05, 0) is 17.5 Å². The quantitative estimate of drug-likeness (QED) is 0.851. The first-order valence-corrected chi connectivity index (χ1v) is 5.54. The van der Waals surface area contributed by atoms with Crippen molar-refractivity contribution in [1.29, 1.82) is 0 Å². The fraction of sp³-hybridized carbons (Fsp3) is 0.308. The molecule has 1 aromatic heterocycles. The fourth-order valence-corrected chi connectivity index (χ4v) is 1.98. The van der Waals surface area contributed by atoms with Gasteiger partial charge >= 0.3 is 0 Å². The number of rotatable bonds is 3. The van der Waals surface area contributed by atoms with E-state index in [2.05, 4.69) is 24.0 Å². The predicted molar refractivity (Wildman–Crippen MR) is 65.1 cm³/mol. The second-order valence-electron chi connectivity index (χ2n) is 3.93. The molecule has 16 heavy (non-hydrogen) atoms. The SMILES string of the molecule is CCc1ccccc1C(N)c1nccn1C. The van der Waals surface area contributed by atoms with Crippen molar-refractivity contribution in [3.05, 3.63) is 53.6 Å². The third-order valence-electron chi connectivity index (χ3n) is 2.91. The number of nitrogens with two attached hydrogens (primary N) is 1. The molecule has 0 saturated heterocycles.